The molecule has 0 amide bonds. The van der Waals surface area contributed by atoms with Gasteiger partial charge in [-0.05, 0) is 13.0 Å². The molecule has 0 aliphatic rings. The third kappa shape index (κ3) is 2.76. The minimum absolute atomic E-state index is 0.0488. The number of aromatic hydroxyl groups is 2. The second kappa shape index (κ2) is 4.88. The number of aromatic nitrogens is 1. The first-order chi connectivity index (χ1) is 8.16. The molecule has 5 heteroatoms. The van der Waals surface area contributed by atoms with Gasteiger partial charge in [0.25, 0.3) is 0 Å². The monoisotopic (exact) mass is 234 g/mol. The molecule has 1 aromatic carbocycles. The average molecular weight is 234 g/mol. The smallest absolute Gasteiger partial charge is 0.124 e. The molecule has 0 spiro atoms. The van der Waals surface area contributed by atoms with Crippen LogP contribution in [0.4, 0.5) is 0 Å². The second-order valence-corrected chi connectivity index (χ2v) is 3.84. The molecule has 0 aliphatic carbocycles. The molecular formula is C12H14N2O3. The maximum absolute atomic E-state index is 9.68. The molecule has 0 radical (unpaired) electrons. The summed E-state index contributed by atoms with van der Waals surface area (Å²) in [4.78, 5) is 0. The Hall–Kier alpha value is -2.01. The van der Waals surface area contributed by atoms with Crippen LogP contribution < -0.4 is 5.32 Å². The fraction of sp³-hybridized carbons (Fsp3) is 0.250. The van der Waals surface area contributed by atoms with Gasteiger partial charge in [-0.25, -0.2) is 0 Å². The van der Waals surface area contributed by atoms with Gasteiger partial charge in [-0.1, -0.05) is 11.2 Å². The van der Waals surface area contributed by atoms with Crippen molar-refractivity contribution in [1.82, 2.24) is 10.5 Å². The lowest BCUT2D eigenvalue weighted by molar-refractivity contribution is 0.404. The fourth-order valence-corrected chi connectivity index (χ4v) is 1.59. The number of phenolic OH excluding ortho intramolecular Hbond substituents is 2. The molecule has 2 aromatic rings. The van der Waals surface area contributed by atoms with Gasteiger partial charge in [0.2, 0.25) is 0 Å². The van der Waals surface area contributed by atoms with Crippen LogP contribution in [0.2, 0.25) is 0 Å². The number of nitrogens with zero attached hydrogens (tertiary/aromatic N) is 1. The van der Waals surface area contributed by atoms with E-state index in [-0.39, 0.29) is 17.5 Å². The number of hydrogen-bond acceptors (Lipinski definition) is 5. The Morgan fingerprint density at radius 1 is 1.35 bits per heavy atom. The topological polar surface area (TPSA) is 78.5 Å². The Morgan fingerprint density at radius 2 is 2.18 bits per heavy atom. The Kier molecular flexibility index (Phi) is 3.30. The van der Waals surface area contributed by atoms with Gasteiger partial charge in [-0.15, -0.1) is 0 Å². The van der Waals surface area contributed by atoms with Crippen molar-refractivity contribution < 1.29 is 14.7 Å². The summed E-state index contributed by atoms with van der Waals surface area (Å²) in [6, 6.07) is 6.28. The van der Waals surface area contributed by atoms with E-state index in [1.54, 1.807) is 18.2 Å². The van der Waals surface area contributed by atoms with Crippen LogP contribution in [0.15, 0.2) is 35.1 Å². The van der Waals surface area contributed by atoms with Crippen LogP contribution in [0.3, 0.4) is 0 Å². The van der Waals surface area contributed by atoms with Crippen LogP contribution >= 0.6 is 0 Å². The van der Waals surface area contributed by atoms with Crippen molar-refractivity contribution in [1.29, 1.82) is 0 Å². The molecule has 0 saturated heterocycles. The van der Waals surface area contributed by atoms with Crippen molar-refractivity contribution in [3.63, 3.8) is 0 Å². The van der Waals surface area contributed by atoms with Crippen molar-refractivity contribution in [2.24, 2.45) is 0 Å². The molecule has 90 valence electrons. The summed E-state index contributed by atoms with van der Waals surface area (Å²) in [5.41, 5.74) is 1.53. The summed E-state index contributed by atoms with van der Waals surface area (Å²) in [6.07, 6.45) is 1.51. The summed E-state index contributed by atoms with van der Waals surface area (Å²) >= 11 is 0. The van der Waals surface area contributed by atoms with Crippen molar-refractivity contribution >= 4 is 0 Å². The molecule has 1 heterocycles. The summed E-state index contributed by atoms with van der Waals surface area (Å²) in [5, 5.41) is 25.9. The lowest BCUT2D eigenvalue weighted by Crippen LogP contribution is -2.18. The van der Waals surface area contributed by atoms with Crippen LogP contribution in [-0.2, 0) is 6.54 Å². The van der Waals surface area contributed by atoms with E-state index in [1.807, 2.05) is 6.92 Å². The Morgan fingerprint density at radius 3 is 2.82 bits per heavy atom. The molecule has 0 saturated carbocycles. The van der Waals surface area contributed by atoms with E-state index >= 15 is 0 Å². The van der Waals surface area contributed by atoms with E-state index in [0.717, 1.165) is 11.3 Å². The maximum Gasteiger partial charge on any atom is 0.124 e. The van der Waals surface area contributed by atoms with Gasteiger partial charge in [-0.3, -0.25) is 0 Å². The van der Waals surface area contributed by atoms with Crippen molar-refractivity contribution in [3.8, 4) is 11.5 Å². The molecule has 17 heavy (non-hydrogen) atoms. The van der Waals surface area contributed by atoms with E-state index in [2.05, 4.69) is 10.5 Å². The minimum atomic E-state index is -0.0488. The Bertz CT molecular complexity index is 483. The molecule has 3 N–H and O–H groups in total. The lowest BCUT2D eigenvalue weighted by Gasteiger charge is -2.14. The third-order valence-corrected chi connectivity index (χ3v) is 2.56. The van der Waals surface area contributed by atoms with Crippen LogP contribution in [0.1, 0.15) is 24.2 Å². The number of benzene rings is 1. The predicted octanol–water partition coefficient (Wildman–Crippen LogP) is 1.94. The first-order valence-electron chi connectivity index (χ1n) is 5.31. The van der Waals surface area contributed by atoms with Gasteiger partial charge in [0, 0.05) is 30.3 Å². The first-order valence-corrected chi connectivity index (χ1v) is 5.31. The van der Waals surface area contributed by atoms with Crippen LogP contribution in [0.25, 0.3) is 0 Å². The zero-order valence-corrected chi connectivity index (χ0v) is 9.42. The maximum atomic E-state index is 9.68. The van der Waals surface area contributed by atoms with E-state index in [4.69, 9.17) is 4.52 Å². The van der Waals surface area contributed by atoms with Gasteiger partial charge >= 0.3 is 0 Å². The molecule has 1 aromatic heterocycles. The highest BCUT2D eigenvalue weighted by Crippen LogP contribution is 2.27. The quantitative estimate of drug-likeness (QED) is 0.753. The SMILES string of the molecule is CC(NCc1ccon1)c1ccc(O)cc1O. The highest BCUT2D eigenvalue weighted by Gasteiger charge is 2.10. The van der Waals surface area contributed by atoms with E-state index in [9.17, 15) is 10.2 Å². The standard InChI is InChI=1S/C12H14N2O3/c1-8(13-7-9-4-5-17-14-9)11-3-2-10(15)6-12(11)16/h2-6,8,13,15-16H,7H2,1H3. The van der Waals surface area contributed by atoms with Crippen molar-refractivity contribution in [2.75, 3.05) is 0 Å². The van der Waals surface area contributed by atoms with Gasteiger partial charge in [0.1, 0.15) is 17.8 Å². The molecule has 5 nitrogen and oxygen atoms in total. The van der Waals surface area contributed by atoms with Gasteiger partial charge in [0.05, 0.1) is 5.69 Å². The molecule has 2 rings (SSSR count). The predicted molar refractivity (Wildman–Crippen MR) is 61.5 cm³/mol. The van der Waals surface area contributed by atoms with Crippen LogP contribution in [0, 0.1) is 0 Å². The number of nitrogens with one attached hydrogen (secondary N) is 1. The minimum Gasteiger partial charge on any atom is -0.508 e. The highest BCUT2D eigenvalue weighted by molar-refractivity contribution is 5.40. The van der Waals surface area contributed by atoms with Gasteiger partial charge in [0.15, 0.2) is 0 Å². The molecule has 1 unspecified atom stereocenters. The van der Waals surface area contributed by atoms with Crippen molar-refractivity contribution in [2.45, 2.75) is 19.5 Å². The highest BCUT2D eigenvalue weighted by atomic mass is 16.5. The fourth-order valence-electron chi connectivity index (χ4n) is 1.59. The van der Waals surface area contributed by atoms with Gasteiger partial charge in [-0.2, -0.15) is 0 Å². The largest absolute Gasteiger partial charge is 0.508 e. The zero-order valence-electron chi connectivity index (χ0n) is 9.42. The van der Waals surface area contributed by atoms with Crippen molar-refractivity contribution in [3.05, 3.63) is 41.8 Å². The van der Waals surface area contributed by atoms with Crippen LogP contribution in [0.5, 0.6) is 11.5 Å². The number of hydrogen-bond donors (Lipinski definition) is 3. The number of phenols is 2. The second-order valence-electron chi connectivity index (χ2n) is 3.84. The van der Waals surface area contributed by atoms with E-state index in [1.165, 1.54) is 12.3 Å². The molecule has 1 atom stereocenters. The van der Waals surface area contributed by atoms with Crippen LogP contribution in [-0.4, -0.2) is 15.4 Å². The molecule has 0 fully saturated rings. The summed E-state index contributed by atoms with van der Waals surface area (Å²) < 4.78 is 4.72. The van der Waals surface area contributed by atoms with Gasteiger partial charge < -0.3 is 20.1 Å². The Balaban J connectivity index is 2.01. The molecule has 0 aliphatic heterocycles. The average Bonchev–Trinajstić information content (AvgIpc) is 2.78. The first kappa shape index (κ1) is 11.5. The lowest BCUT2D eigenvalue weighted by atomic mass is 10.1. The normalized spacial score (nSPS) is 12.5. The summed E-state index contributed by atoms with van der Waals surface area (Å²) in [7, 11) is 0. The molecule has 0 bridgehead atoms. The number of rotatable bonds is 4. The molecular weight excluding hydrogens is 220 g/mol. The Labute approximate surface area is 98.7 Å². The third-order valence-electron chi connectivity index (χ3n) is 2.56. The van der Waals surface area contributed by atoms with E-state index < -0.39 is 0 Å². The summed E-state index contributed by atoms with van der Waals surface area (Å²) in [6.45, 7) is 2.48. The zero-order chi connectivity index (χ0) is 12.3. The summed E-state index contributed by atoms with van der Waals surface area (Å²) in [5.74, 6) is 0.125. The van der Waals surface area contributed by atoms with E-state index in [0.29, 0.717) is 6.54 Å².